The monoisotopic (exact) mass is 301 g/mol. The van der Waals surface area contributed by atoms with Gasteiger partial charge in [0.25, 0.3) is 0 Å². The molecule has 1 unspecified atom stereocenters. The van der Waals surface area contributed by atoms with Crippen molar-refractivity contribution in [3.63, 3.8) is 0 Å². The fraction of sp³-hybridized carbons (Fsp3) is 0.267. The highest BCUT2D eigenvalue weighted by Gasteiger charge is 2.10. The minimum atomic E-state index is -0.965. The lowest BCUT2D eigenvalue weighted by Gasteiger charge is -2.16. The summed E-state index contributed by atoms with van der Waals surface area (Å²) in [6.07, 6.45) is 2.37. The van der Waals surface area contributed by atoms with Gasteiger partial charge in [-0.2, -0.15) is 0 Å². The standard InChI is InChI=1S/C15H19N5O2/c1-3-9(2)19-13-12(16)14(18-8-17-13)20-11-6-4-10(5-7-11)15(21)22/h4-9H,3,16H2,1-2H3,(H,21,22)(H2,17,18,19,20). The van der Waals surface area contributed by atoms with E-state index in [1.165, 1.54) is 18.5 Å². The predicted octanol–water partition coefficient (Wildman–Crippen LogP) is 2.71. The van der Waals surface area contributed by atoms with Crippen LogP contribution in [-0.4, -0.2) is 27.1 Å². The Morgan fingerprint density at radius 2 is 1.91 bits per heavy atom. The highest BCUT2D eigenvalue weighted by molar-refractivity contribution is 5.88. The number of nitrogens with two attached hydrogens (primary N) is 1. The van der Waals surface area contributed by atoms with Crippen LogP contribution in [0.4, 0.5) is 23.0 Å². The van der Waals surface area contributed by atoms with E-state index in [1.54, 1.807) is 12.1 Å². The SMILES string of the molecule is CCC(C)Nc1ncnc(Nc2ccc(C(=O)O)cc2)c1N. The number of aromatic carboxylic acids is 1. The molecule has 0 aliphatic rings. The highest BCUT2D eigenvalue weighted by Crippen LogP contribution is 2.26. The molecule has 0 amide bonds. The average Bonchev–Trinajstić information content (AvgIpc) is 2.51. The van der Waals surface area contributed by atoms with Gasteiger partial charge < -0.3 is 21.5 Å². The highest BCUT2D eigenvalue weighted by atomic mass is 16.4. The third-order valence-corrected chi connectivity index (χ3v) is 3.27. The van der Waals surface area contributed by atoms with Crippen LogP contribution in [0.2, 0.25) is 0 Å². The number of carboxylic acids is 1. The number of nitrogens with zero attached hydrogens (tertiary/aromatic N) is 2. The number of nitrogens with one attached hydrogen (secondary N) is 2. The van der Waals surface area contributed by atoms with E-state index in [-0.39, 0.29) is 11.6 Å². The number of benzene rings is 1. The smallest absolute Gasteiger partial charge is 0.335 e. The fourth-order valence-electron chi connectivity index (χ4n) is 1.78. The maximum atomic E-state index is 10.8. The minimum absolute atomic E-state index is 0.223. The largest absolute Gasteiger partial charge is 0.478 e. The maximum absolute atomic E-state index is 10.8. The summed E-state index contributed by atoms with van der Waals surface area (Å²) in [6, 6.07) is 6.60. The van der Waals surface area contributed by atoms with E-state index in [0.717, 1.165) is 6.42 Å². The third kappa shape index (κ3) is 3.63. The van der Waals surface area contributed by atoms with E-state index < -0.39 is 5.97 Å². The summed E-state index contributed by atoms with van der Waals surface area (Å²) >= 11 is 0. The normalized spacial score (nSPS) is 11.7. The molecule has 0 bridgehead atoms. The van der Waals surface area contributed by atoms with E-state index in [4.69, 9.17) is 10.8 Å². The van der Waals surface area contributed by atoms with E-state index in [9.17, 15) is 4.79 Å². The predicted molar refractivity (Wildman–Crippen MR) is 86.5 cm³/mol. The first kappa shape index (κ1) is 15.6. The van der Waals surface area contributed by atoms with Crippen LogP contribution in [0, 0.1) is 0 Å². The first-order chi connectivity index (χ1) is 10.5. The molecule has 5 N–H and O–H groups in total. The van der Waals surface area contributed by atoms with Gasteiger partial charge >= 0.3 is 5.97 Å². The number of carbonyl (C=O) groups is 1. The molecule has 0 aliphatic carbocycles. The van der Waals surface area contributed by atoms with Gasteiger partial charge in [-0.15, -0.1) is 0 Å². The van der Waals surface area contributed by atoms with Crippen molar-refractivity contribution >= 4 is 29.0 Å². The summed E-state index contributed by atoms with van der Waals surface area (Å²) in [5.41, 5.74) is 7.41. The number of carboxylic acid groups (broad SMARTS) is 1. The fourth-order valence-corrected chi connectivity index (χ4v) is 1.78. The zero-order chi connectivity index (χ0) is 16.1. The van der Waals surface area contributed by atoms with Gasteiger partial charge in [-0.1, -0.05) is 6.92 Å². The van der Waals surface area contributed by atoms with Gasteiger partial charge in [0.1, 0.15) is 12.0 Å². The second kappa shape index (κ2) is 6.75. The average molecular weight is 301 g/mol. The van der Waals surface area contributed by atoms with Gasteiger partial charge in [0.15, 0.2) is 11.6 Å². The molecule has 0 aliphatic heterocycles. The Morgan fingerprint density at radius 3 is 2.50 bits per heavy atom. The van der Waals surface area contributed by atoms with E-state index in [0.29, 0.717) is 23.0 Å². The molecule has 1 aromatic carbocycles. The molecule has 0 spiro atoms. The Labute approximate surface area is 128 Å². The van der Waals surface area contributed by atoms with Crippen molar-refractivity contribution in [3.8, 4) is 0 Å². The molecule has 0 saturated carbocycles. The van der Waals surface area contributed by atoms with Gasteiger partial charge in [0, 0.05) is 11.7 Å². The lowest BCUT2D eigenvalue weighted by Crippen LogP contribution is -2.16. The number of hydrogen-bond donors (Lipinski definition) is 4. The lowest BCUT2D eigenvalue weighted by atomic mass is 10.2. The second-order valence-corrected chi connectivity index (χ2v) is 4.95. The number of rotatable bonds is 6. The Morgan fingerprint density at radius 1 is 1.27 bits per heavy atom. The Kier molecular flexibility index (Phi) is 4.77. The molecule has 22 heavy (non-hydrogen) atoms. The van der Waals surface area contributed by atoms with Crippen LogP contribution < -0.4 is 16.4 Å². The lowest BCUT2D eigenvalue weighted by molar-refractivity contribution is 0.0697. The van der Waals surface area contributed by atoms with Gasteiger partial charge in [-0.25, -0.2) is 14.8 Å². The molecular weight excluding hydrogens is 282 g/mol. The van der Waals surface area contributed by atoms with Crippen molar-refractivity contribution in [1.82, 2.24) is 9.97 Å². The van der Waals surface area contributed by atoms with Crippen LogP contribution in [0.3, 0.4) is 0 Å². The quantitative estimate of drug-likeness (QED) is 0.648. The van der Waals surface area contributed by atoms with Gasteiger partial charge in [0.2, 0.25) is 0 Å². The molecule has 0 radical (unpaired) electrons. The molecule has 1 aromatic heterocycles. The van der Waals surface area contributed by atoms with Crippen LogP contribution in [0.25, 0.3) is 0 Å². The summed E-state index contributed by atoms with van der Waals surface area (Å²) in [5.74, 6) is 0.0889. The third-order valence-electron chi connectivity index (χ3n) is 3.27. The van der Waals surface area contributed by atoms with Crippen molar-refractivity contribution in [3.05, 3.63) is 36.2 Å². The van der Waals surface area contributed by atoms with Crippen molar-refractivity contribution in [2.75, 3.05) is 16.4 Å². The first-order valence-electron chi connectivity index (χ1n) is 6.98. The molecule has 7 heteroatoms. The van der Waals surface area contributed by atoms with Crippen molar-refractivity contribution < 1.29 is 9.90 Å². The van der Waals surface area contributed by atoms with E-state index >= 15 is 0 Å². The summed E-state index contributed by atoms with van der Waals surface area (Å²) in [4.78, 5) is 19.1. The summed E-state index contributed by atoms with van der Waals surface area (Å²) in [5, 5.41) is 15.2. The zero-order valence-electron chi connectivity index (χ0n) is 12.5. The molecule has 1 heterocycles. The minimum Gasteiger partial charge on any atom is -0.478 e. The number of nitrogen functional groups attached to an aromatic ring is 1. The van der Waals surface area contributed by atoms with Gasteiger partial charge in [-0.05, 0) is 37.6 Å². The van der Waals surface area contributed by atoms with E-state index in [1.807, 2.05) is 6.92 Å². The Hall–Kier alpha value is -2.83. The van der Waals surface area contributed by atoms with E-state index in [2.05, 4.69) is 27.5 Å². The maximum Gasteiger partial charge on any atom is 0.335 e. The topological polar surface area (TPSA) is 113 Å². The molecule has 0 saturated heterocycles. The van der Waals surface area contributed by atoms with Crippen LogP contribution in [0.15, 0.2) is 30.6 Å². The van der Waals surface area contributed by atoms with Crippen LogP contribution in [0.5, 0.6) is 0 Å². The summed E-state index contributed by atoms with van der Waals surface area (Å²) in [7, 11) is 0. The molecular formula is C15H19N5O2. The summed E-state index contributed by atoms with van der Waals surface area (Å²) in [6.45, 7) is 4.11. The molecule has 116 valence electrons. The van der Waals surface area contributed by atoms with Crippen LogP contribution >= 0.6 is 0 Å². The molecule has 2 rings (SSSR count). The Balaban J connectivity index is 2.19. The van der Waals surface area contributed by atoms with Crippen LogP contribution in [-0.2, 0) is 0 Å². The molecule has 0 fully saturated rings. The molecule has 7 nitrogen and oxygen atoms in total. The van der Waals surface area contributed by atoms with Gasteiger partial charge in [-0.3, -0.25) is 0 Å². The zero-order valence-corrected chi connectivity index (χ0v) is 12.5. The second-order valence-electron chi connectivity index (χ2n) is 4.95. The molecule has 1 atom stereocenters. The van der Waals surface area contributed by atoms with Crippen LogP contribution in [0.1, 0.15) is 30.6 Å². The Bertz CT molecular complexity index is 657. The molecule has 2 aromatic rings. The number of aromatic nitrogens is 2. The number of anilines is 4. The summed E-state index contributed by atoms with van der Waals surface area (Å²) < 4.78 is 0. The van der Waals surface area contributed by atoms with Gasteiger partial charge in [0.05, 0.1) is 5.56 Å². The van der Waals surface area contributed by atoms with Crippen molar-refractivity contribution in [1.29, 1.82) is 0 Å². The first-order valence-corrected chi connectivity index (χ1v) is 6.98. The van der Waals surface area contributed by atoms with Crippen molar-refractivity contribution in [2.24, 2.45) is 0 Å². The van der Waals surface area contributed by atoms with Crippen molar-refractivity contribution in [2.45, 2.75) is 26.3 Å². The number of hydrogen-bond acceptors (Lipinski definition) is 6.